The summed E-state index contributed by atoms with van der Waals surface area (Å²) in [5.74, 6) is 0.238. The molecule has 1 aromatic rings. The average Bonchev–Trinajstić information content (AvgIpc) is 3.12. The van der Waals surface area contributed by atoms with Crippen LogP contribution in [0.5, 0.6) is 11.5 Å². The molecule has 5 N–H and O–H groups in total. The zero-order valence-electron chi connectivity index (χ0n) is 16.3. The number of piperidine rings is 1. The average molecular weight is 427 g/mol. The molecule has 3 rings (SSSR count). The van der Waals surface area contributed by atoms with E-state index < -0.39 is 18.6 Å². The van der Waals surface area contributed by atoms with Gasteiger partial charge in [-0.2, -0.15) is 0 Å². The van der Waals surface area contributed by atoms with Crippen LogP contribution in [0.25, 0.3) is 0 Å². The molecule has 0 aromatic heterocycles. The van der Waals surface area contributed by atoms with E-state index in [1.807, 2.05) is 6.07 Å². The van der Waals surface area contributed by atoms with Crippen molar-refractivity contribution in [1.82, 2.24) is 4.90 Å². The van der Waals surface area contributed by atoms with E-state index in [2.05, 4.69) is 4.90 Å². The third kappa shape index (κ3) is 5.35. The molecule has 10 heteroatoms. The highest BCUT2D eigenvalue weighted by molar-refractivity contribution is 6.40. The number of carbonyl (C=O) groups is 1. The molecule has 0 amide bonds. The summed E-state index contributed by atoms with van der Waals surface area (Å²) in [5.41, 5.74) is 5.99. The van der Waals surface area contributed by atoms with Gasteiger partial charge < -0.3 is 30.4 Å². The molecule has 1 saturated heterocycles. The number of aliphatic carboxylic acids is 1. The fourth-order valence-corrected chi connectivity index (χ4v) is 4.37. The molecule has 1 fully saturated rings. The molecule has 1 unspecified atom stereocenters. The lowest BCUT2D eigenvalue weighted by Gasteiger charge is -2.40. The normalized spacial score (nSPS) is 19.2. The van der Waals surface area contributed by atoms with Crippen LogP contribution in [-0.4, -0.2) is 58.6 Å². The van der Waals surface area contributed by atoms with E-state index >= 15 is 0 Å². The van der Waals surface area contributed by atoms with Gasteiger partial charge in [0.2, 0.25) is 6.79 Å². The van der Waals surface area contributed by atoms with Crippen LogP contribution in [0.2, 0.25) is 11.3 Å². The molecular formula is C19H28BClN2O6. The van der Waals surface area contributed by atoms with Crippen molar-refractivity contribution in [3.8, 4) is 11.5 Å². The maximum absolute atomic E-state index is 11.9. The maximum Gasteiger partial charge on any atom is 0.451 e. The largest absolute Gasteiger partial charge is 0.480 e. The third-order valence-corrected chi connectivity index (χ3v) is 6.30. The lowest BCUT2D eigenvalue weighted by Crippen LogP contribution is -2.56. The molecule has 29 heavy (non-hydrogen) atoms. The molecular weight excluding hydrogens is 398 g/mol. The molecule has 1 atom stereocenters. The number of rotatable bonds is 9. The number of benzene rings is 1. The third-order valence-electron chi connectivity index (χ3n) is 5.95. The highest BCUT2D eigenvalue weighted by atomic mass is 35.5. The van der Waals surface area contributed by atoms with Gasteiger partial charge in [-0.15, -0.1) is 0 Å². The number of likely N-dealkylation sites (tertiary alicyclic amines) is 1. The first kappa shape index (κ1) is 22.2. The number of nitrogens with zero attached hydrogens (tertiary/aromatic N) is 1. The van der Waals surface area contributed by atoms with Crippen LogP contribution < -0.4 is 15.2 Å². The van der Waals surface area contributed by atoms with Gasteiger partial charge in [0, 0.05) is 17.6 Å². The minimum Gasteiger partial charge on any atom is -0.480 e. The fourth-order valence-electron chi connectivity index (χ4n) is 4.16. The lowest BCUT2D eigenvalue weighted by molar-refractivity contribution is -0.147. The Balaban J connectivity index is 1.55. The second-order valence-electron chi connectivity index (χ2n) is 7.92. The highest BCUT2D eigenvalue weighted by Gasteiger charge is 2.43. The van der Waals surface area contributed by atoms with Gasteiger partial charge in [0.1, 0.15) is 5.54 Å². The fraction of sp³-hybridized carbons (Fsp3) is 0.632. The van der Waals surface area contributed by atoms with E-state index in [1.165, 1.54) is 0 Å². The van der Waals surface area contributed by atoms with Crippen molar-refractivity contribution in [3.05, 3.63) is 22.7 Å². The summed E-state index contributed by atoms with van der Waals surface area (Å²) in [6, 6.07) is 3.67. The molecule has 2 aliphatic heterocycles. The van der Waals surface area contributed by atoms with Crippen LogP contribution >= 0.6 is 11.6 Å². The van der Waals surface area contributed by atoms with Gasteiger partial charge in [0.25, 0.3) is 0 Å². The minimum absolute atomic E-state index is 0.123. The first-order chi connectivity index (χ1) is 13.8. The summed E-state index contributed by atoms with van der Waals surface area (Å²) >= 11 is 6.37. The van der Waals surface area contributed by atoms with Gasteiger partial charge in [-0.05, 0) is 56.2 Å². The summed E-state index contributed by atoms with van der Waals surface area (Å²) in [7, 11) is -1.36. The van der Waals surface area contributed by atoms with Gasteiger partial charge in [-0.3, -0.25) is 9.69 Å². The molecule has 160 valence electrons. The molecule has 0 radical (unpaired) electrons. The van der Waals surface area contributed by atoms with Gasteiger partial charge in [0.05, 0.1) is 0 Å². The molecule has 8 nitrogen and oxygen atoms in total. The summed E-state index contributed by atoms with van der Waals surface area (Å²) < 4.78 is 10.8. The van der Waals surface area contributed by atoms with Crippen LogP contribution in [0.15, 0.2) is 12.1 Å². The lowest BCUT2D eigenvalue weighted by atomic mass is 9.74. The number of ether oxygens (including phenoxy) is 2. The zero-order valence-corrected chi connectivity index (χ0v) is 17.1. The van der Waals surface area contributed by atoms with Crippen LogP contribution in [0.4, 0.5) is 0 Å². The van der Waals surface area contributed by atoms with Crippen molar-refractivity contribution in [3.63, 3.8) is 0 Å². The van der Waals surface area contributed by atoms with E-state index in [4.69, 9.17) is 36.9 Å². The Morgan fingerprint density at radius 1 is 1.24 bits per heavy atom. The van der Waals surface area contributed by atoms with Crippen molar-refractivity contribution in [2.24, 2.45) is 11.7 Å². The second kappa shape index (κ2) is 9.53. The predicted octanol–water partition coefficient (Wildman–Crippen LogP) is 1.71. The molecule has 0 aliphatic carbocycles. The Hall–Kier alpha value is -1.52. The number of hydrogen-bond acceptors (Lipinski definition) is 7. The smallest absolute Gasteiger partial charge is 0.451 e. The highest BCUT2D eigenvalue weighted by Crippen LogP contribution is 2.38. The Labute approximate surface area is 175 Å². The molecule has 1 aromatic carbocycles. The van der Waals surface area contributed by atoms with Crippen LogP contribution in [0.3, 0.4) is 0 Å². The first-order valence-corrected chi connectivity index (χ1v) is 10.4. The number of halogens is 1. The van der Waals surface area contributed by atoms with Crippen molar-refractivity contribution >= 4 is 24.7 Å². The number of hydrogen-bond donors (Lipinski definition) is 4. The predicted molar refractivity (Wildman–Crippen MR) is 109 cm³/mol. The maximum atomic E-state index is 11.9. The van der Waals surface area contributed by atoms with E-state index in [1.54, 1.807) is 6.07 Å². The van der Waals surface area contributed by atoms with Crippen molar-refractivity contribution in [2.45, 2.75) is 50.5 Å². The molecule has 2 aliphatic rings. The topological polar surface area (TPSA) is 125 Å². The van der Waals surface area contributed by atoms with Crippen molar-refractivity contribution in [2.75, 3.05) is 19.9 Å². The van der Waals surface area contributed by atoms with E-state index in [9.17, 15) is 9.90 Å². The Morgan fingerprint density at radius 2 is 1.90 bits per heavy atom. The summed E-state index contributed by atoms with van der Waals surface area (Å²) in [6.45, 7) is 2.32. The van der Waals surface area contributed by atoms with Crippen LogP contribution in [0.1, 0.15) is 37.7 Å². The quantitative estimate of drug-likeness (QED) is 0.347. The van der Waals surface area contributed by atoms with Crippen molar-refractivity contribution < 1.29 is 29.4 Å². The molecule has 2 heterocycles. The minimum atomic E-state index is -1.36. The number of nitrogens with two attached hydrogens (primary N) is 1. The summed E-state index contributed by atoms with van der Waals surface area (Å²) in [5, 5.41) is 28.2. The molecule has 0 bridgehead atoms. The monoisotopic (exact) mass is 426 g/mol. The Morgan fingerprint density at radius 3 is 2.52 bits per heavy atom. The molecule has 0 saturated carbocycles. The number of fused-ring (bicyclic) bond motifs is 1. The van der Waals surface area contributed by atoms with Crippen LogP contribution in [-0.2, 0) is 11.3 Å². The van der Waals surface area contributed by atoms with E-state index in [0.29, 0.717) is 55.2 Å². The van der Waals surface area contributed by atoms with E-state index in [0.717, 1.165) is 18.7 Å². The second-order valence-corrected chi connectivity index (χ2v) is 8.33. The number of carboxylic acids is 1. The first-order valence-electron chi connectivity index (χ1n) is 9.98. The number of carboxylic acid groups (broad SMARTS) is 1. The SMILES string of the molecule is NC(CCCCB(O)O)(C(=O)O)C1CCN(Cc2cc3c(cc2Cl)OCO3)CC1. The van der Waals surface area contributed by atoms with E-state index in [-0.39, 0.29) is 19.0 Å². The van der Waals surface area contributed by atoms with Crippen molar-refractivity contribution in [1.29, 1.82) is 0 Å². The van der Waals surface area contributed by atoms with Crippen LogP contribution in [0, 0.1) is 5.92 Å². The van der Waals surface area contributed by atoms with Gasteiger partial charge >= 0.3 is 13.1 Å². The standard InChI is InChI=1S/C19H28BClN2O6/c21-15-10-17-16(28-12-29-17)9-13(15)11-23-7-3-14(4-8-23)19(22,18(24)25)5-1-2-6-20(26)27/h9-10,14,26-27H,1-8,11-12,22H2,(H,24,25). The summed E-state index contributed by atoms with van der Waals surface area (Å²) in [4.78, 5) is 14.1. The number of unbranched alkanes of at least 4 members (excludes halogenated alkanes) is 1. The van der Waals surface area contributed by atoms with Gasteiger partial charge in [0.15, 0.2) is 11.5 Å². The Bertz CT molecular complexity index is 729. The summed E-state index contributed by atoms with van der Waals surface area (Å²) in [6.07, 6.45) is 3.01. The zero-order chi connectivity index (χ0) is 21.0. The van der Waals surface area contributed by atoms with Gasteiger partial charge in [-0.1, -0.05) is 24.4 Å². The Kier molecular flexibility index (Phi) is 7.29. The molecule has 0 spiro atoms. The van der Waals surface area contributed by atoms with Gasteiger partial charge in [-0.25, -0.2) is 0 Å².